The molecule has 106 valence electrons. The normalized spacial score (nSPS) is 11.4. The number of tetrazole rings is 1. The molecule has 8 heteroatoms. The standard InChI is InChI=1S/C12H14N4O3S/c1-10(17)6-5-9-20(18,19)12-13-14-15-16(12)11-7-3-2-4-8-11/h2-4,7-8H,5-6,9H2,1H3. The zero-order chi connectivity index (χ0) is 14.6. The number of hydrogen-bond acceptors (Lipinski definition) is 6. The van der Waals surface area contributed by atoms with Crippen molar-refractivity contribution < 1.29 is 13.2 Å². The topological polar surface area (TPSA) is 94.8 Å². The first-order chi connectivity index (χ1) is 9.50. The van der Waals surface area contributed by atoms with Crippen LogP contribution in [0.25, 0.3) is 5.69 Å². The second-order valence-electron chi connectivity index (χ2n) is 4.33. The number of benzene rings is 1. The van der Waals surface area contributed by atoms with Crippen LogP contribution >= 0.6 is 0 Å². The Morgan fingerprint density at radius 3 is 2.60 bits per heavy atom. The lowest BCUT2D eigenvalue weighted by Gasteiger charge is -2.05. The van der Waals surface area contributed by atoms with E-state index in [1.807, 2.05) is 6.07 Å². The molecule has 0 aliphatic carbocycles. The molecule has 0 saturated heterocycles. The van der Waals surface area contributed by atoms with Gasteiger partial charge in [0.2, 0.25) is 9.84 Å². The summed E-state index contributed by atoms with van der Waals surface area (Å²) in [6.07, 6.45) is 0.492. The highest BCUT2D eigenvalue weighted by molar-refractivity contribution is 7.91. The summed E-state index contributed by atoms with van der Waals surface area (Å²) in [6, 6.07) is 8.77. The van der Waals surface area contributed by atoms with E-state index >= 15 is 0 Å². The van der Waals surface area contributed by atoms with Gasteiger partial charge >= 0.3 is 0 Å². The number of carbonyl (C=O) groups is 1. The molecule has 0 radical (unpaired) electrons. The summed E-state index contributed by atoms with van der Waals surface area (Å²) >= 11 is 0. The molecule has 7 nitrogen and oxygen atoms in total. The van der Waals surface area contributed by atoms with E-state index in [1.54, 1.807) is 24.3 Å². The monoisotopic (exact) mass is 294 g/mol. The first-order valence-corrected chi connectivity index (χ1v) is 7.72. The minimum absolute atomic E-state index is 0.0390. The van der Waals surface area contributed by atoms with Crippen LogP contribution in [0, 0.1) is 0 Å². The van der Waals surface area contributed by atoms with Crippen molar-refractivity contribution in [1.82, 2.24) is 20.2 Å². The Morgan fingerprint density at radius 2 is 1.95 bits per heavy atom. The maximum atomic E-state index is 12.2. The number of carbonyl (C=O) groups excluding carboxylic acids is 1. The predicted molar refractivity (Wildman–Crippen MR) is 71.1 cm³/mol. The van der Waals surface area contributed by atoms with Crippen LogP contribution in [-0.4, -0.2) is 40.2 Å². The fourth-order valence-electron chi connectivity index (χ4n) is 1.71. The zero-order valence-corrected chi connectivity index (χ0v) is 11.7. The lowest BCUT2D eigenvalue weighted by Crippen LogP contribution is -2.14. The number of Topliss-reactive ketones (excluding diaryl/α,β-unsaturated/α-hetero) is 1. The van der Waals surface area contributed by atoms with Gasteiger partial charge in [-0.1, -0.05) is 23.3 Å². The van der Waals surface area contributed by atoms with E-state index in [1.165, 1.54) is 11.6 Å². The first kappa shape index (κ1) is 14.3. The Kier molecular flexibility index (Phi) is 4.23. The number of rotatable bonds is 6. The maximum Gasteiger partial charge on any atom is 0.272 e. The van der Waals surface area contributed by atoms with E-state index < -0.39 is 9.84 Å². The third-order valence-corrected chi connectivity index (χ3v) is 4.30. The van der Waals surface area contributed by atoms with Crippen LogP contribution in [0.3, 0.4) is 0 Å². The summed E-state index contributed by atoms with van der Waals surface area (Å²) in [6.45, 7) is 1.43. The van der Waals surface area contributed by atoms with Gasteiger partial charge in [0.1, 0.15) is 5.78 Å². The van der Waals surface area contributed by atoms with Crippen molar-refractivity contribution in [2.24, 2.45) is 0 Å². The second-order valence-corrected chi connectivity index (χ2v) is 6.34. The Labute approximate surface area is 116 Å². The average molecular weight is 294 g/mol. The smallest absolute Gasteiger partial charge is 0.272 e. The molecule has 1 heterocycles. The molecule has 0 amide bonds. The van der Waals surface area contributed by atoms with Crippen molar-refractivity contribution in [2.45, 2.75) is 24.9 Å². The first-order valence-electron chi connectivity index (χ1n) is 6.07. The maximum absolute atomic E-state index is 12.2. The summed E-state index contributed by atoms with van der Waals surface area (Å²) in [5, 5.41) is 10.5. The van der Waals surface area contributed by atoms with Crippen molar-refractivity contribution >= 4 is 15.6 Å². The van der Waals surface area contributed by atoms with Gasteiger partial charge in [-0.3, -0.25) is 0 Å². The van der Waals surface area contributed by atoms with Gasteiger partial charge < -0.3 is 4.79 Å². The zero-order valence-electron chi connectivity index (χ0n) is 10.9. The molecule has 0 fully saturated rings. The van der Waals surface area contributed by atoms with Crippen LogP contribution in [0.2, 0.25) is 0 Å². The van der Waals surface area contributed by atoms with Crippen LogP contribution in [0.4, 0.5) is 0 Å². The highest BCUT2D eigenvalue weighted by Crippen LogP contribution is 2.14. The number of ketones is 1. The lowest BCUT2D eigenvalue weighted by atomic mass is 10.3. The third kappa shape index (κ3) is 3.27. The summed E-state index contributed by atoms with van der Waals surface area (Å²) in [5.41, 5.74) is 0.572. The molecule has 1 aromatic heterocycles. The van der Waals surface area contributed by atoms with Crippen LogP contribution in [0.5, 0.6) is 0 Å². The molecule has 1 aromatic carbocycles. The highest BCUT2D eigenvalue weighted by Gasteiger charge is 2.23. The summed E-state index contributed by atoms with van der Waals surface area (Å²) in [4.78, 5) is 10.9. The molecule has 2 aromatic rings. The molecule has 0 unspecified atom stereocenters. The number of hydrogen-bond donors (Lipinski definition) is 0. The molecule has 0 N–H and O–H groups in total. The van der Waals surface area contributed by atoms with E-state index in [0.29, 0.717) is 5.69 Å². The average Bonchev–Trinajstić information content (AvgIpc) is 2.89. The van der Waals surface area contributed by atoms with Gasteiger partial charge in [-0.2, -0.15) is 4.68 Å². The largest absolute Gasteiger partial charge is 0.300 e. The Balaban J connectivity index is 2.25. The molecule has 20 heavy (non-hydrogen) atoms. The molecule has 0 bridgehead atoms. The fourth-order valence-corrected chi connectivity index (χ4v) is 2.98. The molecular formula is C12H14N4O3S. The quantitative estimate of drug-likeness (QED) is 0.782. The van der Waals surface area contributed by atoms with E-state index in [0.717, 1.165) is 0 Å². The van der Waals surface area contributed by atoms with Gasteiger partial charge in [0, 0.05) is 6.42 Å². The van der Waals surface area contributed by atoms with Crippen molar-refractivity contribution in [3.05, 3.63) is 30.3 Å². The number of para-hydroxylation sites is 1. The Bertz CT molecular complexity index is 695. The molecule has 0 saturated carbocycles. The molecule has 0 aliphatic rings. The van der Waals surface area contributed by atoms with Gasteiger partial charge in [-0.25, -0.2) is 8.42 Å². The predicted octanol–water partition coefficient (Wildman–Crippen LogP) is 0.805. The minimum Gasteiger partial charge on any atom is -0.300 e. The van der Waals surface area contributed by atoms with Gasteiger partial charge in [0.25, 0.3) is 5.16 Å². The number of nitrogens with zero attached hydrogens (tertiary/aromatic N) is 4. The lowest BCUT2D eigenvalue weighted by molar-refractivity contribution is -0.117. The second kappa shape index (κ2) is 5.91. The van der Waals surface area contributed by atoms with Gasteiger partial charge in [-0.15, -0.1) is 0 Å². The fraction of sp³-hybridized carbons (Fsp3) is 0.333. The van der Waals surface area contributed by atoms with E-state index in [9.17, 15) is 13.2 Å². The SMILES string of the molecule is CC(=O)CCCS(=O)(=O)c1nnnn1-c1ccccc1. The van der Waals surface area contributed by atoms with Gasteiger partial charge in [-0.05, 0) is 35.9 Å². The molecule has 0 spiro atoms. The number of sulfone groups is 1. The van der Waals surface area contributed by atoms with E-state index in [2.05, 4.69) is 15.5 Å². The van der Waals surface area contributed by atoms with Gasteiger partial charge in [0.15, 0.2) is 0 Å². The minimum atomic E-state index is -3.62. The summed E-state index contributed by atoms with van der Waals surface area (Å²) < 4.78 is 25.6. The van der Waals surface area contributed by atoms with E-state index in [4.69, 9.17) is 0 Å². The third-order valence-electron chi connectivity index (χ3n) is 2.66. The summed E-state index contributed by atoms with van der Waals surface area (Å²) in [5.74, 6) is -0.192. The van der Waals surface area contributed by atoms with Crippen molar-refractivity contribution in [2.75, 3.05) is 5.75 Å². The summed E-state index contributed by atoms with van der Waals surface area (Å²) in [7, 11) is -3.62. The van der Waals surface area contributed by atoms with Crippen LogP contribution in [0.1, 0.15) is 19.8 Å². The number of aromatic nitrogens is 4. The van der Waals surface area contributed by atoms with Crippen molar-refractivity contribution in [1.29, 1.82) is 0 Å². The van der Waals surface area contributed by atoms with Crippen LogP contribution < -0.4 is 0 Å². The van der Waals surface area contributed by atoms with Crippen molar-refractivity contribution in [3.8, 4) is 5.69 Å². The van der Waals surface area contributed by atoms with Crippen molar-refractivity contribution in [3.63, 3.8) is 0 Å². The molecule has 0 atom stereocenters. The Morgan fingerprint density at radius 1 is 1.25 bits per heavy atom. The molecule has 0 aliphatic heterocycles. The molecular weight excluding hydrogens is 280 g/mol. The molecule has 2 rings (SSSR count). The Hall–Kier alpha value is -2.09. The van der Waals surface area contributed by atoms with E-state index in [-0.39, 0.29) is 29.5 Å². The highest BCUT2D eigenvalue weighted by atomic mass is 32.2. The van der Waals surface area contributed by atoms with Gasteiger partial charge in [0.05, 0.1) is 11.4 Å². The van der Waals surface area contributed by atoms with Crippen LogP contribution in [0.15, 0.2) is 35.5 Å². The van der Waals surface area contributed by atoms with Crippen LogP contribution in [-0.2, 0) is 14.6 Å².